The van der Waals surface area contributed by atoms with E-state index < -0.39 is 17.9 Å². The molecule has 5 nitrogen and oxygen atoms in total. The monoisotopic (exact) mass is 284 g/mol. The molecule has 0 saturated heterocycles. The molecule has 0 aromatic carbocycles. The number of carboxylic acid groups (broad SMARTS) is 1. The largest absolute Gasteiger partial charge is 0.481 e. The Hall–Kier alpha value is -1.56. The molecule has 0 radical (unpaired) electrons. The van der Waals surface area contributed by atoms with Crippen LogP contribution in [0.15, 0.2) is 12.1 Å². The zero-order chi connectivity index (χ0) is 14.6. The van der Waals surface area contributed by atoms with Crippen LogP contribution >= 0.6 is 11.3 Å². The second kappa shape index (κ2) is 6.56. The predicted octanol–water partition coefficient (Wildman–Crippen LogP) is 2.53. The molecular weight excluding hydrogens is 264 g/mol. The summed E-state index contributed by atoms with van der Waals surface area (Å²) in [6, 6.07) is 3.12. The number of urea groups is 1. The second-order valence-corrected chi connectivity index (χ2v) is 6.02. The van der Waals surface area contributed by atoms with Gasteiger partial charge in [0.15, 0.2) is 0 Å². The minimum atomic E-state index is -0.922. The summed E-state index contributed by atoms with van der Waals surface area (Å²) in [6.45, 7) is 7.16. The molecule has 2 amide bonds. The summed E-state index contributed by atoms with van der Waals surface area (Å²) in [5.74, 6) is -1.54. The molecule has 1 heterocycles. The Bertz CT molecular complexity index is 458. The molecule has 1 aromatic rings. The number of carbonyl (C=O) groups excluding carboxylic acids is 1. The Balaban J connectivity index is 2.49. The van der Waals surface area contributed by atoms with E-state index in [9.17, 15) is 9.59 Å². The minimum Gasteiger partial charge on any atom is -0.481 e. The smallest absolute Gasteiger partial charge is 0.315 e. The van der Waals surface area contributed by atoms with Crippen LogP contribution in [0.4, 0.5) is 4.79 Å². The van der Waals surface area contributed by atoms with Crippen LogP contribution in [0, 0.1) is 12.8 Å². The third-order valence-corrected chi connectivity index (χ3v) is 4.22. The van der Waals surface area contributed by atoms with Crippen molar-refractivity contribution in [1.82, 2.24) is 10.6 Å². The van der Waals surface area contributed by atoms with Crippen molar-refractivity contribution in [2.24, 2.45) is 5.92 Å². The molecule has 6 heteroatoms. The molecule has 1 rings (SSSR count). The quantitative estimate of drug-likeness (QED) is 0.777. The highest BCUT2D eigenvalue weighted by Gasteiger charge is 2.21. The lowest BCUT2D eigenvalue weighted by molar-refractivity contribution is -0.141. The summed E-state index contributed by atoms with van der Waals surface area (Å²) in [4.78, 5) is 24.8. The molecule has 0 spiro atoms. The Morgan fingerprint density at radius 2 is 1.84 bits per heavy atom. The Kier molecular flexibility index (Phi) is 5.35. The van der Waals surface area contributed by atoms with E-state index in [1.54, 1.807) is 25.2 Å². The molecule has 3 N–H and O–H groups in total. The highest BCUT2D eigenvalue weighted by Crippen LogP contribution is 2.22. The van der Waals surface area contributed by atoms with Gasteiger partial charge in [-0.05, 0) is 39.8 Å². The fraction of sp³-hybridized carbons (Fsp3) is 0.538. The topological polar surface area (TPSA) is 78.4 Å². The van der Waals surface area contributed by atoms with E-state index in [1.165, 1.54) is 4.88 Å². The van der Waals surface area contributed by atoms with Gasteiger partial charge in [-0.2, -0.15) is 0 Å². The van der Waals surface area contributed by atoms with Crippen molar-refractivity contribution in [3.05, 3.63) is 21.9 Å². The van der Waals surface area contributed by atoms with Gasteiger partial charge >= 0.3 is 12.0 Å². The van der Waals surface area contributed by atoms with E-state index in [0.29, 0.717) is 0 Å². The van der Waals surface area contributed by atoms with Crippen molar-refractivity contribution in [3.8, 4) is 0 Å². The Morgan fingerprint density at radius 1 is 1.21 bits per heavy atom. The molecule has 0 aliphatic rings. The first kappa shape index (κ1) is 15.5. The van der Waals surface area contributed by atoms with Gasteiger partial charge in [0.1, 0.15) is 0 Å². The van der Waals surface area contributed by atoms with Gasteiger partial charge in [0.25, 0.3) is 0 Å². The maximum atomic E-state index is 11.8. The summed E-state index contributed by atoms with van der Waals surface area (Å²) < 4.78 is 0. The van der Waals surface area contributed by atoms with Gasteiger partial charge < -0.3 is 15.7 Å². The van der Waals surface area contributed by atoms with Crippen LogP contribution in [0.3, 0.4) is 0 Å². The first-order valence-electron chi connectivity index (χ1n) is 6.17. The van der Waals surface area contributed by atoms with Crippen LogP contribution in [-0.2, 0) is 4.79 Å². The van der Waals surface area contributed by atoms with Gasteiger partial charge in [0.05, 0.1) is 12.0 Å². The zero-order valence-corrected chi connectivity index (χ0v) is 12.4. The summed E-state index contributed by atoms with van der Waals surface area (Å²) in [5, 5.41) is 14.3. The summed E-state index contributed by atoms with van der Waals surface area (Å²) in [6.07, 6.45) is 0. The van der Waals surface area contributed by atoms with Crippen molar-refractivity contribution < 1.29 is 14.7 Å². The summed E-state index contributed by atoms with van der Waals surface area (Å²) >= 11 is 1.63. The van der Waals surface area contributed by atoms with Crippen molar-refractivity contribution in [2.45, 2.75) is 39.8 Å². The molecular formula is C13H20N2O3S. The van der Waals surface area contributed by atoms with Crippen molar-refractivity contribution in [3.63, 3.8) is 0 Å². The van der Waals surface area contributed by atoms with E-state index >= 15 is 0 Å². The highest BCUT2D eigenvalue weighted by molar-refractivity contribution is 7.12. The Morgan fingerprint density at radius 3 is 2.32 bits per heavy atom. The number of aryl methyl sites for hydroxylation is 1. The van der Waals surface area contributed by atoms with Gasteiger partial charge in [0.2, 0.25) is 0 Å². The van der Waals surface area contributed by atoms with Crippen LogP contribution in [-0.4, -0.2) is 23.1 Å². The van der Waals surface area contributed by atoms with Gasteiger partial charge in [-0.15, -0.1) is 11.3 Å². The SMILES string of the molecule is Cc1ccc(C(C)NC(=O)NC(C)C(C)C(=O)O)s1. The summed E-state index contributed by atoms with van der Waals surface area (Å²) in [7, 11) is 0. The molecule has 0 fully saturated rings. The number of nitrogens with one attached hydrogen (secondary N) is 2. The number of hydrogen-bond acceptors (Lipinski definition) is 3. The molecule has 3 unspecified atom stereocenters. The minimum absolute atomic E-state index is 0.0916. The lowest BCUT2D eigenvalue weighted by Crippen LogP contribution is -2.45. The molecule has 3 atom stereocenters. The lowest BCUT2D eigenvalue weighted by atomic mass is 10.0. The van der Waals surface area contributed by atoms with E-state index in [0.717, 1.165) is 4.88 Å². The number of carboxylic acids is 1. The van der Waals surface area contributed by atoms with E-state index in [2.05, 4.69) is 10.6 Å². The van der Waals surface area contributed by atoms with Crippen LogP contribution < -0.4 is 10.6 Å². The molecule has 0 aliphatic carbocycles. The van der Waals surface area contributed by atoms with Crippen LogP contribution in [0.5, 0.6) is 0 Å². The maximum Gasteiger partial charge on any atom is 0.315 e. The van der Waals surface area contributed by atoms with Gasteiger partial charge in [-0.3, -0.25) is 4.79 Å². The average molecular weight is 284 g/mol. The van der Waals surface area contributed by atoms with Gasteiger partial charge in [-0.1, -0.05) is 0 Å². The van der Waals surface area contributed by atoms with E-state index in [4.69, 9.17) is 5.11 Å². The third-order valence-electron chi connectivity index (χ3n) is 3.03. The molecule has 0 saturated carbocycles. The standard InChI is InChI=1S/C13H20N2O3S/c1-7-5-6-11(19-7)10(4)15-13(18)14-9(3)8(2)12(16)17/h5-6,8-10H,1-4H3,(H,16,17)(H2,14,15,18). The first-order valence-corrected chi connectivity index (χ1v) is 6.99. The molecule has 1 aromatic heterocycles. The zero-order valence-electron chi connectivity index (χ0n) is 11.6. The number of amides is 2. The molecule has 19 heavy (non-hydrogen) atoms. The van der Waals surface area contributed by atoms with Crippen LogP contribution in [0.1, 0.15) is 36.6 Å². The highest BCUT2D eigenvalue weighted by atomic mass is 32.1. The summed E-state index contributed by atoms with van der Waals surface area (Å²) in [5.41, 5.74) is 0. The van der Waals surface area contributed by atoms with E-state index in [-0.39, 0.29) is 12.1 Å². The van der Waals surface area contributed by atoms with Crippen molar-refractivity contribution >= 4 is 23.3 Å². The number of rotatable bonds is 5. The van der Waals surface area contributed by atoms with E-state index in [1.807, 2.05) is 26.0 Å². The normalized spacial score (nSPS) is 15.4. The van der Waals surface area contributed by atoms with Crippen LogP contribution in [0.25, 0.3) is 0 Å². The fourth-order valence-corrected chi connectivity index (χ4v) is 2.42. The number of hydrogen-bond donors (Lipinski definition) is 3. The van der Waals surface area contributed by atoms with Crippen LogP contribution in [0.2, 0.25) is 0 Å². The second-order valence-electron chi connectivity index (χ2n) is 4.70. The average Bonchev–Trinajstić information content (AvgIpc) is 2.74. The molecule has 0 aliphatic heterocycles. The van der Waals surface area contributed by atoms with Gasteiger partial charge in [-0.25, -0.2) is 4.79 Å². The number of aliphatic carboxylic acids is 1. The van der Waals surface area contributed by atoms with Crippen molar-refractivity contribution in [1.29, 1.82) is 0 Å². The lowest BCUT2D eigenvalue weighted by Gasteiger charge is -2.20. The van der Waals surface area contributed by atoms with Gasteiger partial charge in [0, 0.05) is 15.8 Å². The molecule has 106 valence electrons. The third kappa shape index (κ3) is 4.55. The predicted molar refractivity (Wildman–Crippen MR) is 75.4 cm³/mol. The fourth-order valence-electron chi connectivity index (χ4n) is 1.54. The van der Waals surface area contributed by atoms with Crippen molar-refractivity contribution in [2.75, 3.05) is 0 Å². The molecule has 0 bridgehead atoms. The first-order chi connectivity index (χ1) is 8.81. The Labute approximate surface area is 117 Å². The number of carbonyl (C=O) groups is 2. The maximum absolute atomic E-state index is 11.8. The number of thiophene rings is 1.